The largest absolute Gasteiger partial charge is 0.313 e. The minimum atomic E-state index is 0.692. The molecule has 0 amide bonds. The van der Waals surface area contributed by atoms with Crippen LogP contribution in [0.15, 0.2) is 24.4 Å². The molecule has 2 aromatic rings. The van der Waals surface area contributed by atoms with Gasteiger partial charge < -0.3 is 5.32 Å². The zero-order valence-electron chi connectivity index (χ0n) is 11.4. The van der Waals surface area contributed by atoms with Gasteiger partial charge in [-0.2, -0.15) is 0 Å². The second kappa shape index (κ2) is 5.27. The highest BCUT2D eigenvalue weighted by Crippen LogP contribution is 2.25. The average molecular weight is 241 g/mol. The van der Waals surface area contributed by atoms with Gasteiger partial charge in [-0.3, -0.25) is 0 Å². The fourth-order valence-corrected chi connectivity index (χ4v) is 2.03. The third-order valence-corrected chi connectivity index (χ3v) is 3.37. The summed E-state index contributed by atoms with van der Waals surface area (Å²) in [5.74, 6) is 0.827. The van der Waals surface area contributed by atoms with Gasteiger partial charge in [-0.15, -0.1) is 0 Å². The maximum Gasteiger partial charge on any atom is 0.142 e. The zero-order chi connectivity index (χ0) is 13.1. The third-order valence-electron chi connectivity index (χ3n) is 3.37. The second-order valence-electron chi connectivity index (χ2n) is 4.57. The van der Waals surface area contributed by atoms with Gasteiger partial charge in [0.1, 0.15) is 5.82 Å². The van der Waals surface area contributed by atoms with Crippen molar-refractivity contribution < 1.29 is 0 Å². The van der Waals surface area contributed by atoms with E-state index in [4.69, 9.17) is 0 Å². The Bertz CT molecular complexity index is 562. The van der Waals surface area contributed by atoms with E-state index in [9.17, 15) is 0 Å². The molecular formula is C15H19N3. The highest BCUT2D eigenvalue weighted by molar-refractivity contribution is 5.65. The number of nitrogens with zero attached hydrogens (tertiary/aromatic N) is 2. The Balaban J connectivity index is 2.48. The number of aryl methyl sites for hydroxylation is 1. The normalized spacial score (nSPS) is 10.7. The van der Waals surface area contributed by atoms with Crippen molar-refractivity contribution in [1.82, 2.24) is 15.3 Å². The molecule has 0 fully saturated rings. The van der Waals surface area contributed by atoms with Crippen LogP contribution >= 0.6 is 0 Å². The molecule has 0 aliphatic heterocycles. The van der Waals surface area contributed by atoms with E-state index in [2.05, 4.69) is 48.2 Å². The van der Waals surface area contributed by atoms with Crippen molar-refractivity contribution in [3.63, 3.8) is 0 Å². The summed E-state index contributed by atoms with van der Waals surface area (Å²) in [4.78, 5) is 8.84. The summed E-state index contributed by atoms with van der Waals surface area (Å²) in [6.45, 7) is 7.14. The summed E-state index contributed by atoms with van der Waals surface area (Å²) in [5.41, 5.74) is 6.14. The van der Waals surface area contributed by atoms with E-state index in [1.54, 1.807) is 0 Å². The molecule has 3 heteroatoms. The molecule has 0 atom stereocenters. The number of nitrogens with one attached hydrogen (secondary N) is 1. The average Bonchev–Trinajstić information content (AvgIpc) is 2.37. The lowest BCUT2D eigenvalue weighted by Crippen LogP contribution is -2.09. The van der Waals surface area contributed by atoms with Crippen molar-refractivity contribution in [2.75, 3.05) is 7.05 Å². The first kappa shape index (κ1) is 12.7. The van der Waals surface area contributed by atoms with E-state index in [1.807, 2.05) is 19.3 Å². The number of hydrogen-bond acceptors (Lipinski definition) is 3. The minimum Gasteiger partial charge on any atom is -0.313 e. The second-order valence-corrected chi connectivity index (χ2v) is 4.57. The maximum atomic E-state index is 4.59. The molecule has 0 saturated carbocycles. The summed E-state index contributed by atoms with van der Waals surface area (Å²) in [7, 11) is 1.90. The van der Waals surface area contributed by atoms with Gasteiger partial charge in [0.15, 0.2) is 0 Å². The summed E-state index contributed by atoms with van der Waals surface area (Å²) in [5, 5.41) is 3.07. The van der Waals surface area contributed by atoms with Gasteiger partial charge in [-0.25, -0.2) is 9.97 Å². The minimum absolute atomic E-state index is 0.692. The van der Waals surface area contributed by atoms with E-state index in [1.165, 1.54) is 22.3 Å². The molecule has 0 aliphatic carbocycles. The first-order valence-corrected chi connectivity index (χ1v) is 6.17. The standard InChI is InChI=1S/C15H19N3/c1-10-5-6-13(12(3)11(10)2)14-7-8-17-15(18-14)9-16-4/h5-8,16H,9H2,1-4H3. The van der Waals surface area contributed by atoms with Gasteiger partial charge in [0, 0.05) is 11.8 Å². The zero-order valence-corrected chi connectivity index (χ0v) is 11.4. The van der Waals surface area contributed by atoms with Crippen molar-refractivity contribution in [3.05, 3.63) is 46.9 Å². The SMILES string of the molecule is CNCc1nccc(-c2ccc(C)c(C)c2C)n1. The molecule has 0 aliphatic rings. The monoisotopic (exact) mass is 241 g/mol. The van der Waals surface area contributed by atoms with Crippen molar-refractivity contribution >= 4 is 0 Å². The van der Waals surface area contributed by atoms with Crippen LogP contribution in [0.4, 0.5) is 0 Å². The van der Waals surface area contributed by atoms with E-state index in [0.717, 1.165) is 11.5 Å². The molecule has 0 unspecified atom stereocenters. The van der Waals surface area contributed by atoms with Gasteiger partial charge in [0.05, 0.1) is 12.2 Å². The highest BCUT2D eigenvalue weighted by atomic mass is 14.9. The summed E-state index contributed by atoms with van der Waals surface area (Å²) >= 11 is 0. The van der Waals surface area contributed by atoms with E-state index >= 15 is 0 Å². The fourth-order valence-electron chi connectivity index (χ4n) is 2.03. The topological polar surface area (TPSA) is 37.8 Å². The number of benzene rings is 1. The molecule has 18 heavy (non-hydrogen) atoms. The lowest BCUT2D eigenvalue weighted by atomic mass is 9.97. The lowest BCUT2D eigenvalue weighted by molar-refractivity contribution is 0.759. The molecule has 1 heterocycles. The van der Waals surface area contributed by atoms with E-state index in [-0.39, 0.29) is 0 Å². The van der Waals surface area contributed by atoms with E-state index in [0.29, 0.717) is 6.54 Å². The fraction of sp³-hybridized carbons (Fsp3) is 0.333. The smallest absolute Gasteiger partial charge is 0.142 e. The predicted molar refractivity (Wildman–Crippen MR) is 74.4 cm³/mol. The molecule has 1 aromatic heterocycles. The lowest BCUT2D eigenvalue weighted by Gasteiger charge is -2.11. The van der Waals surface area contributed by atoms with Gasteiger partial charge >= 0.3 is 0 Å². The Morgan fingerprint density at radius 2 is 1.83 bits per heavy atom. The molecule has 0 radical (unpaired) electrons. The predicted octanol–water partition coefficient (Wildman–Crippen LogP) is 2.79. The van der Waals surface area contributed by atoms with Gasteiger partial charge in [-0.05, 0) is 50.6 Å². The van der Waals surface area contributed by atoms with Gasteiger partial charge in [-0.1, -0.05) is 12.1 Å². The Morgan fingerprint density at radius 1 is 1.06 bits per heavy atom. The molecule has 2 rings (SSSR count). The molecule has 1 aromatic carbocycles. The first-order valence-electron chi connectivity index (χ1n) is 6.17. The quantitative estimate of drug-likeness (QED) is 0.898. The molecule has 0 bridgehead atoms. The molecular weight excluding hydrogens is 222 g/mol. The summed E-state index contributed by atoms with van der Waals surface area (Å²) < 4.78 is 0. The van der Waals surface area contributed by atoms with Crippen molar-refractivity contribution in [2.45, 2.75) is 27.3 Å². The summed E-state index contributed by atoms with van der Waals surface area (Å²) in [6, 6.07) is 6.26. The molecule has 1 N–H and O–H groups in total. The first-order chi connectivity index (χ1) is 8.63. The van der Waals surface area contributed by atoms with Crippen LogP contribution in [-0.4, -0.2) is 17.0 Å². The Hall–Kier alpha value is -1.74. The molecule has 3 nitrogen and oxygen atoms in total. The van der Waals surface area contributed by atoms with Crippen molar-refractivity contribution in [1.29, 1.82) is 0 Å². The molecule has 0 spiro atoms. The van der Waals surface area contributed by atoms with Crippen LogP contribution < -0.4 is 5.32 Å². The van der Waals surface area contributed by atoms with Gasteiger partial charge in [0.2, 0.25) is 0 Å². The van der Waals surface area contributed by atoms with E-state index < -0.39 is 0 Å². The van der Waals surface area contributed by atoms with Crippen LogP contribution in [0.3, 0.4) is 0 Å². The number of hydrogen-bond donors (Lipinski definition) is 1. The Morgan fingerprint density at radius 3 is 2.56 bits per heavy atom. The van der Waals surface area contributed by atoms with Crippen LogP contribution in [0.5, 0.6) is 0 Å². The maximum absolute atomic E-state index is 4.59. The van der Waals surface area contributed by atoms with Crippen LogP contribution in [0.2, 0.25) is 0 Å². The number of rotatable bonds is 3. The highest BCUT2D eigenvalue weighted by Gasteiger charge is 2.08. The molecule has 0 saturated heterocycles. The Labute approximate surface area is 108 Å². The van der Waals surface area contributed by atoms with Gasteiger partial charge in [0.25, 0.3) is 0 Å². The summed E-state index contributed by atoms with van der Waals surface area (Å²) in [6.07, 6.45) is 1.82. The van der Waals surface area contributed by atoms with Crippen LogP contribution in [0, 0.1) is 20.8 Å². The molecule has 94 valence electrons. The van der Waals surface area contributed by atoms with Crippen molar-refractivity contribution in [3.8, 4) is 11.3 Å². The third kappa shape index (κ3) is 2.41. The van der Waals surface area contributed by atoms with Crippen LogP contribution in [0.25, 0.3) is 11.3 Å². The van der Waals surface area contributed by atoms with Crippen LogP contribution in [-0.2, 0) is 6.54 Å². The Kier molecular flexibility index (Phi) is 3.72. The number of aromatic nitrogens is 2. The van der Waals surface area contributed by atoms with Crippen molar-refractivity contribution in [2.24, 2.45) is 0 Å². The van der Waals surface area contributed by atoms with Crippen LogP contribution in [0.1, 0.15) is 22.5 Å².